The van der Waals surface area contributed by atoms with Gasteiger partial charge < -0.3 is 19.9 Å². The smallest absolute Gasteiger partial charge is 0.279 e. The van der Waals surface area contributed by atoms with Crippen molar-refractivity contribution in [1.29, 1.82) is 0 Å². The molecule has 0 aromatic rings. The van der Waals surface area contributed by atoms with Crippen molar-refractivity contribution >= 4 is 134 Å². The van der Waals surface area contributed by atoms with E-state index < -0.39 is 11.2 Å². The molecule has 0 radical (unpaired) electrons. The third kappa shape index (κ3) is 34.1. The number of hydrogen-bond acceptors (Lipinski definition) is 16. The van der Waals surface area contributed by atoms with Gasteiger partial charge in [0.25, 0.3) is 5.24 Å². The number of nitrogens with zero attached hydrogens (tertiary/aromatic N) is 2. The lowest BCUT2D eigenvalue weighted by Crippen LogP contribution is -2.22. The lowest BCUT2D eigenvalue weighted by atomic mass is 10.8. The fourth-order valence-electron chi connectivity index (χ4n) is 1.74. The van der Waals surface area contributed by atoms with Crippen molar-refractivity contribution in [3.63, 3.8) is 0 Å². The Balaban J connectivity index is 3.23. The molecule has 0 saturated carbocycles. The van der Waals surface area contributed by atoms with Crippen molar-refractivity contribution in [1.82, 2.24) is 5.32 Å². The van der Waals surface area contributed by atoms with Crippen molar-refractivity contribution in [2.45, 2.75) is 0 Å². The quantitative estimate of drug-likeness (QED) is 0.0206. The second-order valence-corrected chi connectivity index (χ2v) is 18.6. The second kappa shape index (κ2) is 34.2. The number of hydrogen-bond donors (Lipinski definition) is 2. The minimum absolute atomic E-state index is 0.0608. The van der Waals surface area contributed by atoms with Crippen LogP contribution in [0.25, 0.3) is 0 Å². The summed E-state index contributed by atoms with van der Waals surface area (Å²) in [6.07, 6.45) is 1.33. The minimum atomic E-state index is -0.931. The fraction of sp³-hybridized carbons (Fsp3) is 0.842. The van der Waals surface area contributed by atoms with Crippen LogP contribution in [0, 0.1) is 0 Å². The van der Waals surface area contributed by atoms with E-state index >= 15 is 0 Å². The Hall–Kier alpha value is 1.99. The molecule has 1 amide bonds. The number of aliphatic hydroxyl groups is 1. The highest BCUT2D eigenvalue weighted by Crippen LogP contribution is 2.19. The molecule has 18 heteroatoms. The van der Waals surface area contributed by atoms with E-state index in [9.17, 15) is 9.35 Å². The zero-order chi connectivity index (χ0) is 27.1. The maximum Gasteiger partial charge on any atom is 0.279 e. The number of amides is 1. The van der Waals surface area contributed by atoms with Crippen LogP contribution in [0.15, 0.2) is 9.98 Å². The van der Waals surface area contributed by atoms with Gasteiger partial charge in [0.2, 0.25) is 11.9 Å². The molecule has 1 atom stereocenters. The van der Waals surface area contributed by atoms with Gasteiger partial charge in [-0.25, -0.2) is 0 Å². The normalized spacial score (nSPS) is 12.5. The number of nitrogens with one attached hydrogen (secondary N) is 1. The third-order valence-electron chi connectivity index (χ3n) is 3.23. The molecule has 0 fully saturated rings. The van der Waals surface area contributed by atoms with Crippen LogP contribution < -0.4 is 5.32 Å². The maximum absolute atomic E-state index is 11.9. The van der Waals surface area contributed by atoms with Crippen LogP contribution in [-0.2, 0) is 21.0 Å². The first-order valence-electron chi connectivity index (χ1n) is 10.9. The van der Waals surface area contributed by atoms with Gasteiger partial charge in [0, 0.05) is 67.8 Å². The summed E-state index contributed by atoms with van der Waals surface area (Å²) in [5.74, 6) is 5.72. The van der Waals surface area contributed by atoms with Gasteiger partial charge >= 0.3 is 0 Å². The Kier molecular flexibility index (Phi) is 36.0. The van der Waals surface area contributed by atoms with Crippen LogP contribution in [0.4, 0.5) is 4.79 Å². The lowest BCUT2D eigenvalue weighted by molar-refractivity contribution is -0.196. The molecule has 8 nitrogen and oxygen atoms in total. The first-order valence-corrected chi connectivity index (χ1v) is 22.5. The van der Waals surface area contributed by atoms with E-state index in [-0.39, 0.29) is 11.2 Å². The van der Waals surface area contributed by atoms with E-state index in [1.165, 1.54) is 47.2 Å². The monoisotopic (exact) mass is 707 g/mol. The van der Waals surface area contributed by atoms with Crippen molar-refractivity contribution < 1.29 is 24.2 Å². The number of carbonyl (C=O) groups is 1. The van der Waals surface area contributed by atoms with Gasteiger partial charge in [-0.2, -0.15) is 16.6 Å². The number of thioether (sulfide) groups is 9. The molecule has 0 aliphatic carbocycles. The van der Waals surface area contributed by atoms with Crippen molar-refractivity contribution in [2.24, 2.45) is 9.98 Å². The number of carbonyl (C=O) groups excluding carboxylic acids is 1. The molecule has 0 aliphatic heterocycles. The standard InChI is InChI=1S/C19H37N3O5S10/c1-20-11-37(25)9-8-31-17-35-16-30-6-7-36-19(24)22-3-5-29-15-34-14-28-4-2-21-10-26-27-13-33-18-32-12-23/h10-11,23H,2-9,12-18H2,1H3,(H,22,24)/b20-11+,21-10+. The number of aliphatic hydroxyl groups excluding tert-OH is 1. The van der Waals surface area contributed by atoms with Crippen molar-refractivity contribution in [3.8, 4) is 0 Å². The molecule has 218 valence electrons. The van der Waals surface area contributed by atoms with Crippen LogP contribution in [0.2, 0.25) is 0 Å². The highest BCUT2D eigenvalue weighted by Gasteiger charge is 2.03. The molecule has 0 saturated heterocycles. The molecule has 1 unspecified atom stereocenters. The molecular weight excluding hydrogens is 671 g/mol. The average molecular weight is 708 g/mol. The Labute approximate surface area is 263 Å². The SMILES string of the molecule is C/N=C/[S+]([O-])CCSCSCSCCSC(=O)NCCSCSCSCC/N=C/OOCSCSCO. The van der Waals surface area contributed by atoms with Gasteiger partial charge in [-0.1, -0.05) is 11.8 Å². The van der Waals surface area contributed by atoms with Crippen LogP contribution in [0.5, 0.6) is 0 Å². The van der Waals surface area contributed by atoms with Gasteiger partial charge in [0.1, 0.15) is 11.7 Å². The summed E-state index contributed by atoms with van der Waals surface area (Å²) in [6.45, 7) is 1.39. The molecule has 0 aromatic heterocycles. The van der Waals surface area contributed by atoms with E-state index in [1.54, 1.807) is 18.8 Å². The second-order valence-electron chi connectivity index (χ2n) is 6.02. The lowest BCUT2D eigenvalue weighted by Gasteiger charge is -2.06. The van der Waals surface area contributed by atoms with Gasteiger partial charge in [0.15, 0.2) is 0 Å². The average Bonchev–Trinajstić information content (AvgIpc) is 2.89. The van der Waals surface area contributed by atoms with E-state index in [4.69, 9.17) is 14.9 Å². The van der Waals surface area contributed by atoms with E-state index in [1.807, 2.05) is 58.8 Å². The summed E-state index contributed by atoms with van der Waals surface area (Å²) in [5, 5.41) is 16.5. The third-order valence-corrected chi connectivity index (χ3v) is 14.7. The summed E-state index contributed by atoms with van der Waals surface area (Å²) in [7, 11) is 1.64. The first-order chi connectivity index (χ1) is 18.2. The highest BCUT2D eigenvalue weighted by molar-refractivity contribution is 8.23. The van der Waals surface area contributed by atoms with E-state index in [2.05, 4.69) is 15.3 Å². The summed E-state index contributed by atoms with van der Waals surface area (Å²) < 4.78 is 11.4. The molecular formula is C19H37N3O5S10. The topological polar surface area (TPSA) is 116 Å². The van der Waals surface area contributed by atoms with E-state index in [0.717, 1.165) is 54.2 Å². The number of rotatable bonds is 28. The first kappa shape index (κ1) is 39.0. The minimum Gasteiger partial charge on any atom is -0.611 e. The maximum atomic E-state index is 11.9. The van der Waals surface area contributed by atoms with Crippen LogP contribution in [0.3, 0.4) is 0 Å². The predicted molar refractivity (Wildman–Crippen MR) is 185 cm³/mol. The molecule has 0 aliphatic rings. The van der Waals surface area contributed by atoms with Gasteiger partial charge in [-0.3, -0.25) is 14.8 Å². The van der Waals surface area contributed by atoms with Gasteiger partial charge in [-0.05, 0) is 11.2 Å². The molecule has 0 rings (SSSR count). The molecule has 0 aromatic carbocycles. The number of aliphatic imine (C=N–C) groups is 2. The Morgan fingerprint density at radius 3 is 2.32 bits per heavy atom. The van der Waals surface area contributed by atoms with Crippen molar-refractivity contribution in [3.05, 3.63) is 0 Å². The fourth-order valence-corrected chi connectivity index (χ4v) is 11.6. The summed E-state index contributed by atoms with van der Waals surface area (Å²) in [4.78, 5) is 29.5. The predicted octanol–water partition coefficient (Wildman–Crippen LogP) is 5.37. The zero-order valence-corrected chi connectivity index (χ0v) is 29.0. The van der Waals surface area contributed by atoms with Crippen LogP contribution in [-0.4, -0.2) is 119 Å². The zero-order valence-electron chi connectivity index (χ0n) is 20.8. The summed E-state index contributed by atoms with van der Waals surface area (Å²) in [5.41, 5.74) is 1.50. The van der Waals surface area contributed by atoms with Crippen LogP contribution in [0.1, 0.15) is 0 Å². The molecule has 0 bridgehead atoms. The van der Waals surface area contributed by atoms with Gasteiger partial charge in [-0.15, -0.1) is 82.3 Å². The summed E-state index contributed by atoms with van der Waals surface area (Å²) in [6, 6.07) is 0. The Morgan fingerprint density at radius 1 is 0.919 bits per heavy atom. The molecule has 37 heavy (non-hydrogen) atoms. The van der Waals surface area contributed by atoms with Crippen molar-refractivity contribution in [2.75, 3.05) is 92.0 Å². The molecule has 0 spiro atoms. The van der Waals surface area contributed by atoms with Crippen LogP contribution >= 0.6 is 106 Å². The highest BCUT2D eigenvalue weighted by atomic mass is 32.2. The Bertz CT molecular complexity index is 559. The molecule has 2 N–H and O–H groups in total. The Morgan fingerprint density at radius 2 is 1.59 bits per heavy atom. The summed E-state index contributed by atoms with van der Waals surface area (Å²) >= 11 is 14.4. The van der Waals surface area contributed by atoms with Gasteiger partial charge in [0.05, 0.1) is 12.5 Å². The van der Waals surface area contributed by atoms with E-state index in [0.29, 0.717) is 24.8 Å². The largest absolute Gasteiger partial charge is 0.611 e. The molecule has 0 heterocycles.